The number of hydrogen-bond donors (Lipinski definition) is 1. The zero-order valence-corrected chi connectivity index (χ0v) is 10.9. The number of aliphatic carboxylic acids is 1. The van der Waals surface area contributed by atoms with Crippen LogP contribution in [0.25, 0.3) is 0 Å². The Morgan fingerprint density at radius 1 is 1.33 bits per heavy atom. The van der Waals surface area contributed by atoms with Crippen molar-refractivity contribution in [2.24, 2.45) is 5.92 Å². The van der Waals surface area contributed by atoms with E-state index in [1.54, 1.807) is 20.8 Å². The minimum atomic E-state index is -2.98. The highest BCUT2D eigenvalue weighted by molar-refractivity contribution is 8.00. The van der Waals surface area contributed by atoms with Crippen LogP contribution < -0.4 is 0 Å². The van der Waals surface area contributed by atoms with Crippen LogP contribution in [0, 0.1) is 5.92 Å². The molecular weight excluding hydrogens is 236 g/mol. The Bertz CT molecular complexity index is 295. The Kier molecular flexibility index (Phi) is 6.28. The van der Waals surface area contributed by atoms with Crippen LogP contribution in [-0.2, 0) is 14.6 Å². The van der Waals surface area contributed by atoms with Gasteiger partial charge in [0.2, 0.25) is 0 Å². The van der Waals surface area contributed by atoms with Gasteiger partial charge in [0.15, 0.2) is 9.84 Å². The summed E-state index contributed by atoms with van der Waals surface area (Å²) < 4.78 is 22.8. The quantitative estimate of drug-likeness (QED) is 0.693. The van der Waals surface area contributed by atoms with Crippen molar-refractivity contribution in [2.75, 3.05) is 17.3 Å². The first-order valence-corrected chi connectivity index (χ1v) is 7.66. The largest absolute Gasteiger partial charge is 0.481 e. The molecule has 0 aromatic rings. The van der Waals surface area contributed by atoms with Gasteiger partial charge in [0.25, 0.3) is 0 Å². The molecule has 0 aliphatic heterocycles. The molecule has 0 saturated heterocycles. The summed E-state index contributed by atoms with van der Waals surface area (Å²) in [7, 11) is -2.98. The number of carboxylic acid groups (broad SMARTS) is 1. The molecule has 0 fully saturated rings. The van der Waals surface area contributed by atoms with E-state index < -0.39 is 21.7 Å². The van der Waals surface area contributed by atoms with Crippen LogP contribution in [0.5, 0.6) is 0 Å². The number of carbonyl (C=O) groups is 1. The molecule has 0 aromatic carbocycles. The smallest absolute Gasteiger partial charge is 0.307 e. The van der Waals surface area contributed by atoms with Gasteiger partial charge in [-0.05, 0) is 13.8 Å². The maximum absolute atomic E-state index is 11.4. The van der Waals surface area contributed by atoms with E-state index in [0.29, 0.717) is 11.5 Å². The average Bonchev–Trinajstić information content (AvgIpc) is 2.11. The fourth-order valence-corrected chi connectivity index (χ4v) is 3.28. The molecular formula is C9H18O4S2. The van der Waals surface area contributed by atoms with Crippen LogP contribution in [0.2, 0.25) is 0 Å². The number of thioether (sulfide) groups is 1. The molecule has 0 spiro atoms. The van der Waals surface area contributed by atoms with Crippen molar-refractivity contribution >= 4 is 27.6 Å². The molecule has 0 amide bonds. The van der Waals surface area contributed by atoms with Crippen LogP contribution in [-0.4, -0.2) is 42.0 Å². The molecule has 1 N–H and O–H groups in total. The first-order valence-electron chi connectivity index (χ1n) is 4.79. The number of sulfone groups is 1. The van der Waals surface area contributed by atoms with Gasteiger partial charge in [-0.15, -0.1) is 0 Å². The van der Waals surface area contributed by atoms with Crippen LogP contribution in [0.3, 0.4) is 0 Å². The monoisotopic (exact) mass is 254 g/mol. The van der Waals surface area contributed by atoms with Gasteiger partial charge in [0.05, 0.1) is 16.9 Å². The Balaban J connectivity index is 3.78. The summed E-state index contributed by atoms with van der Waals surface area (Å²) in [6, 6.07) is 0. The number of rotatable bonds is 7. The highest BCUT2D eigenvalue weighted by Crippen LogP contribution is 2.10. The van der Waals surface area contributed by atoms with Crippen molar-refractivity contribution in [3.8, 4) is 0 Å². The van der Waals surface area contributed by atoms with Crippen LogP contribution in [0.1, 0.15) is 20.8 Å². The molecule has 15 heavy (non-hydrogen) atoms. The van der Waals surface area contributed by atoms with E-state index in [0.717, 1.165) is 0 Å². The Labute approximate surface area is 95.4 Å². The summed E-state index contributed by atoms with van der Waals surface area (Å²) in [5.74, 6) is -0.200. The van der Waals surface area contributed by atoms with E-state index in [4.69, 9.17) is 5.11 Å². The van der Waals surface area contributed by atoms with Gasteiger partial charge in [-0.25, -0.2) is 8.42 Å². The fourth-order valence-electron chi connectivity index (χ4n) is 0.742. The SMILES string of the molecule is CC(CSCCS(=O)(=O)C(C)C)C(=O)O. The van der Waals surface area contributed by atoms with Crippen molar-refractivity contribution in [1.82, 2.24) is 0 Å². The Morgan fingerprint density at radius 3 is 2.27 bits per heavy atom. The summed E-state index contributed by atoms with van der Waals surface area (Å²) in [5.41, 5.74) is 0. The average molecular weight is 254 g/mol. The van der Waals surface area contributed by atoms with Gasteiger partial charge in [0, 0.05) is 11.5 Å². The third-order valence-electron chi connectivity index (χ3n) is 2.02. The van der Waals surface area contributed by atoms with Gasteiger partial charge >= 0.3 is 5.97 Å². The summed E-state index contributed by atoms with van der Waals surface area (Å²) in [6.45, 7) is 4.92. The lowest BCUT2D eigenvalue weighted by Gasteiger charge is -2.08. The van der Waals surface area contributed by atoms with Gasteiger partial charge < -0.3 is 5.11 Å². The number of carboxylic acids is 1. The summed E-state index contributed by atoms with van der Waals surface area (Å²) in [6.07, 6.45) is 0. The maximum atomic E-state index is 11.4. The van der Waals surface area contributed by atoms with Crippen molar-refractivity contribution < 1.29 is 18.3 Å². The molecule has 0 aliphatic rings. The van der Waals surface area contributed by atoms with E-state index in [9.17, 15) is 13.2 Å². The van der Waals surface area contributed by atoms with Crippen molar-refractivity contribution in [3.63, 3.8) is 0 Å². The molecule has 0 bridgehead atoms. The van der Waals surface area contributed by atoms with Gasteiger partial charge in [-0.3, -0.25) is 4.79 Å². The molecule has 90 valence electrons. The minimum Gasteiger partial charge on any atom is -0.481 e. The first kappa shape index (κ1) is 14.8. The second kappa shape index (κ2) is 6.37. The van der Waals surface area contributed by atoms with Gasteiger partial charge in [-0.1, -0.05) is 6.92 Å². The van der Waals surface area contributed by atoms with Crippen molar-refractivity contribution in [1.29, 1.82) is 0 Å². The molecule has 1 atom stereocenters. The van der Waals surface area contributed by atoms with Crippen LogP contribution >= 0.6 is 11.8 Å². The number of hydrogen-bond acceptors (Lipinski definition) is 4. The minimum absolute atomic E-state index is 0.127. The van der Waals surface area contributed by atoms with Crippen LogP contribution in [0.15, 0.2) is 0 Å². The lowest BCUT2D eigenvalue weighted by Crippen LogP contribution is -2.20. The molecule has 0 heterocycles. The van der Waals surface area contributed by atoms with Crippen molar-refractivity contribution in [3.05, 3.63) is 0 Å². The predicted octanol–water partition coefficient (Wildman–Crippen LogP) is 1.26. The van der Waals surface area contributed by atoms with Gasteiger partial charge in [-0.2, -0.15) is 11.8 Å². The standard InChI is InChI=1S/C9H18O4S2/c1-7(2)15(12,13)5-4-14-6-8(3)9(10)11/h7-8H,4-6H2,1-3H3,(H,10,11). The molecule has 0 radical (unpaired) electrons. The lowest BCUT2D eigenvalue weighted by atomic mass is 10.2. The highest BCUT2D eigenvalue weighted by atomic mass is 32.2. The zero-order valence-electron chi connectivity index (χ0n) is 9.26. The van der Waals surface area contributed by atoms with E-state index in [1.807, 2.05) is 0 Å². The molecule has 0 saturated carbocycles. The second-order valence-corrected chi connectivity index (χ2v) is 7.56. The maximum Gasteiger partial charge on any atom is 0.307 e. The second-order valence-electron chi connectivity index (χ2n) is 3.73. The van der Waals surface area contributed by atoms with E-state index in [2.05, 4.69) is 0 Å². The predicted molar refractivity (Wildman–Crippen MR) is 63.0 cm³/mol. The molecule has 0 aromatic heterocycles. The first-order chi connectivity index (χ1) is 6.77. The third kappa shape index (κ3) is 6.04. The Morgan fingerprint density at radius 2 is 1.87 bits per heavy atom. The van der Waals surface area contributed by atoms with Crippen molar-refractivity contribution in [2.45, 2.75) is 26.0 Å². The highest BCUT2D eigenvalue weighted by Gasteiger charge is 2.16. The third-order valence-corrected chi connectivity index (χ3v) is 5.72. The molecule has 0 rings (SSSR count). The van der Waals surface area contributed by atoms with E-state index in [1.165, 1.54) is 11.8 Å². The van der Waals surface area contributed by atoms with E-state index >= 15 is 0 Å². The molecule has 4 nitrogen and oxygen atoms in total. The lowest BCUT2D eigenvalue weighted by molar-refractivity contribution is -0.140. The van der Waals surface area contributed by atoms with Crippen LogP contribution in [0.4, 0.5) is 0 Å². The van der Waals surface area contributed by atoms with Gasteiger partial charge in [0.1, 0.15) is 0 Å². The normalized spacial score (nSPS) is 14.1. The molecule has 0 aliphatic carbocycles. The molecule has 6 heteroatoms. The summed E-state index contributed by atoms with van der Waals surface area (Å²) in [5, 5.41) is 8.25. The summed E-state index contributed by atoms with van der Waals surface area (Å²) in [4.78, 5) is 10.5. The topological polar surface area (TPSA) is 71.4 Å². The molecule has 1 unspecified atom stereocenters. The Hall–Kier alpha value is -0.230. The fraction of sp³-hybridized carbons (Fsp3) is 0.889. The van der Waals surface area contributed by atoms with E-state index in [-0.39, 0.29) is 11.0 Å². The summed E-state index contributed by atoms with van der Waals surface area (Å²) >= 11 is 1.37. The zero-order chi connectivity index (χ0) is 12.1.